The molecule has 2 aromatic rings. The van der Waals surface area contributed by atoms with Gasteiger partial charge in [0.25, 0.3) is 15.9 Å². The predicted molar refractivity (Wildman–Crippen MR) is 91.8 cm³/mol. The van der Waals surface area contributed by atoms with Crippen LogP contribution in [-0.2, 0) is 10.0 Å². The monoisotopic (exact) mass is 367 g/mol. The summed E-state index contributed by atoms with van der Waals surface area (Å²) in [5.41, 5.74) is 10.6. The van der Waals surface area contributed by atoms with E-state index in [4.69, 9.17) is 28.1 Å². The van der Waals surface area contributed by atoms with Gasteiger partial charge in [-0.3, -0.25) is 10.1 Å². The van der Waals surface area contributed by atoms with Crippen LogP contribution >= 0.6 is 12.2 Å². The number of benzene rings is 1. The normalized spacial score (nSPS) is 10.7. The van der Waals surface area contributed by atoms with Gasteiger partial charge in [0.2, 0.25) is 5.96 Å². The quantitative estimate of drug-likeness (QED) is 0.343. The zero-order valence-corrected chi connectivity index (χ0v) is 13.7. The maximum absolute atomic E-state index is 11.8. The highest BCUT2D eigenvalue weighted by molar-refractivity contribution is 7.90. The summed E-state index contributed by atoms with van der Waals surface area (Å²) in [6.07, 6.45) is 1.36. The van der Waals surface area contributed by atoms with Gasteiger partial charge in [0.1, 0.15) is 0 Å². The Labute approximate surface area is 142 Å². The summed E-state index contributed by atoms with van der Waals surface area (Å²) in [6.45, 7) is 0. The molecule has 1 amide bonds. The first-order valence-electron chi connectivity index (χ1n) is 6.40. The fraction of sp³-hybridized carbons (Fsp3) is 0. The highest BCUT2D eigenvalue weighted by Crippen LogP contribution is 2.16. The molecule has 0 saturated heterocycles. The number of hydrogen-bond acceptors (Lipinski definition) is 5. The van der Waals surface area contributed by atoms with Crippen molar-refractivity contribution in [1.82, 2.24) is 5.32 Å². The standard InChI is InChI=1S/C13H13N5O4S2/c14-12(15)18-24(20,21)9-5-3-8(4-6-9)16-13(23)17-11(19)10-2-1-7-22-10/h1-7H,(H4,14,15,18)(H2,16,17,19,23). The minimum absolute atomic E-state index is 0.0243. The molecule has 1 aromatic carbocycles. The fourth-order valence-electron chi connectivity index (χ4n) is 1.64. The van der Waals surface area contributed by atoms with Gasteiger partial charge in [0.15, 0.2) is 10.9 Å². The van der Waals surface area contributed by atoms with Crippen molar-refractivity contribution in [3.63, 3.8) is 0 Å². The summed E-state index contributed by atoms with van der Waals surface area (Å²) in [5.74, 6) is -0.957. The molecular weight excluding hydrogens is 354 g/mol. The molecule has 11 heteroatoms. The van der Waals surface area contributed by atoms with Gasteiger partial charge in [-0.25, -0.2) is 0 Å². The van der Waals surface area contributed by atoms with E-state index < -0.39 is 21.9 Å². The highest BCUT2D eigenvalue weighted by atomic mass is 32.2. The molecule has 126 valence electrons. The van der Waals surface area contributed by atoms with E-state index in [-0.39, 0.29) is 15.8 Å². The average molecular weight is 367 g/mol. The molecule has 1 aromatic heterocycles. The lowest BCUT2D eigenvalue weighted by Crippen LogP contribution is -2.33. The van der Waals surface area contributed by atoms with Gasteiger partial charge >= 0.3 is 0 Å². The van der Waals surface area contributed by atoms with Gasteiger partial charge < -0.3 is 21.2 Å². The lowest BCUT2D eigenvalue weighted by molar-refractivity contribution is 0.0950. The van der Waals surface area contributed by atoms with E-state index in [1.165, 1.54) is 36.6 Å². The molecule has 0 atom stereocenters. The number of hydrogen-bond donors (Lipinski definition) is 4. The number of nitrogens with one attached hydrogen (secondary N) is 2. The first-order chi connectivity index (χ1) is 11.3. The van der Waals surface area contributed by atoms with Crippen LogP contribution in [0.4, 0.5) is 5.69 Å². The third-order valence-electron chi connectivity index (χ3n) is 2.61. The van der Waals surface area contributed by atoms with E-state index in [1.54, 1.807) is 6.07 Å². The molecule has 0 spiro atoms. The topological polar surface area (TPSA) is 153 Å². The molecule has 6 N–H and O–H groups in total. The van der Waals surface area contributed by atoms with Gasteiger partial charge in [0.05, 0.1) is 11.2 Å². The molecule has 2 rings (SSSR count). The van der Waals surface area contributed by atoms with Gasteiger partial charge in [-0.1, -0.05) is 0 Å². The molecule has 0 aliphatic carbocycles. The summed E-state index contributed by atoms with van der Waals surface area (Å²) in [4.78, 5) is 11.7. The molecule has 0 aliphatic rings. The third kappa shape index (κ3) is 4.54. The number of rotatable bonds is 4. The molecule has 0 aliphatic heterocycles. The van der Waals surface area contributed by atoms with Gasteiger partial charge in [-0.2, -0.15) is 8.42 Å². The number of sulfonamides is 1. The van der Waals surface area contributed by atoms with Crippen molar-refractivity contribution in [3.05, 3.63) is 48.4 Å². The van der Waals surface area contributed by atoms with Gasteiger partial charge in [-0.05, 0) is 48.6 Å². The van der Waals surface area contributed by atoms with Crippen LogP contribution in [0.5, 0.6) is 0 Å². The van der Waals surface area contributed by atoms with Crippen LogP contribution in [0.25, 0.3) is 0 Å². The van der Waals surface area contributed by atoms with E-state index in [0.717, 1.165) is 0 Å². The highest BCUT2D eigenvalue weighted by Gasteiger charge is 2.14. The van der Waals surface area contributed by atoms with Crippen molar-refractivity contribution in [2.24, 2.45) is 15.9 Å². The molecule has 0 radical (unpaired) electrons. The van der Waals surface area contributed by atoms with Crippen LogP contribution in [0.3, 0.4) is 0 Å². The second kappa shape index (κ2) is 7.10. The Morgan fingerprint density at radius 2 is 1.83 bits per heavy atom. The van der Waals surface area contributed by atoms with E-state index in [2.05, 4.69) is 15.0 Å². The van der Waals surface area contributed by atoms with Crippen molar-refractivity contribution < 1.29 is 17.6 Å². The fourth-order valence-corrected chi connectivity index (χ4v) is 2.71. The first kappa shape index (κ1) is 17.4. The lowest BCUT2D eigenvalue weighted by atomic mass is 10.3. The van der Waals surface area contributed by atoms with Crippen molar-refractivity contribution in [1.29, 1.82) is 0 Å². The number of carbonyl (C=O) groups excluding carboxylic acids is 1. The maximum atomic E-state index is 11.8. The minimum atomic E-state index is -3.96. The number of anilines is 1. The van der Waals surface area contributed by atoms with Gasteiger partial charge in [0, 0.05) is 5.69 Å². The Kier molecular flexibility index (Phi) is 5.16. The second-order valence-corrected chi connectivity index (χ2v) is 6.41. The lowest BCUT2D eigenvalue weighted by Gasteiger charge is -2.09. The zero-order chi connectivity index (χ0) is 17.7. The average Bonchev–Trinajstić information content (AvgIpc) is 3.00. The van der Waals surface area contributed by atoms with Gasteiger partial charge in [-0.15, -0.1) is 4.40 Å². The Hall–Kier alpha value is -2.92. The molecule has 24 heavy (non-hydrogen) atoms. The Balaban J connectivity index is 2.03. The number of furan rings is 1. The Morgan fingerprint density at radius 3 is 2.38 bits per heavy atom. The number of amides is 1. The van der Waals surface area contributed by atoms with Crippen LogP contribution < -0.4 is 22.1 Å². The molecule has 0 saturated carbocycles. The molecule has 1 heterocycles. The van der Waals surface area contributed by atoms with E-state index >= 15 is 0 Å². The van der Waals surface area contributed by atoms with Crippen molar-refractivity contribution >= 4 is 44.9 Å². The SMILES string of the molecule is NC(N)=NS(=O)(=O)c1ccc(NC(=S)NC(=O)c2ccco2)cc1. The molecular formula is C13H13N5O4S2. The number of guanidine groups is 1. The van der Waals surface area contributed by atoms with Crippen LogP contribution in [0.15, 0.2) is 56.4 Å². The molecule has 0 bridgehead atoms. The Bertz CT molecular complexity index is 870. The zero-order valence-electron chi connectivity index (χ0n) is 12.1. The van der Waals surface area contributed by atoms with Crippen molar-refractivity contribution in [3.8, 4) is 0 Å². The first-order valence-corrected chi connectivity index (χ1v) is 8.24. The molecule has 0 unspecified atom stereocenters. The number of nitrogens with zero attached hydrogens (tertiary/aromatic N) is 1. The van der Waals surface area contributed by atoms with Crippen LogP contribution in [0.2, 0.25) is 0 Å². The maximum Gasteiger partial charge on any atom is 0.293 e. The summed E-state index contributed by atoms with van der Waals surface area (Å²) >= 11 is 4.99. The van der Waals surface area contributed by atoms with Crippen LogP contribution in [0, 0.1) is 0 Å². The summed E-state index contributed by atoms with van der Waals surface area (Å²) in [6, 6.07) is 8.53. The van der Waals surface area contributed by atoms with Crippen LogP contribution in [-0.4, -0.2) is 25.4 Å². The largest absolute Gasteiger partial charge is 0.459 e. The summed E-state index contributed by atoms with van der Waals surface area (Å²) in [7, 11) is -3.96. The van der Waals surface area contributed by atoms with Crippen molar-refractivity contribution in [2.75, 3.05) is 5.32 Å². The van der Waals surface area contributed by atoms with Crippen LogP contribution in [0.1, 0.15) is 10.6 Å². The predicted octanol–water partition coefficient (Wildman–Crippen LogP) is 0.368. The Morgan fingerprint density at radius 1 is 1.17 bits per heavy atom. The van der Waals surface area contributed by atoms with Crippen molar-refractivity contribution in [2.45, 2.75) is 4.90 Å². The van der Waals surface area contributed by atoms with E-state index in [0.29, 0.717) is 5.69 Å². The van der Waals surface area contributed by atoms with E-state index in [1.807, 2.05) is 0 Å². The minimum Gasteiger partial charge on any atom is -0.459 e. The number of carbonyl (C=O) groups is 1. The summed E-state index contributed by atoms with van der Waals surface area (Å²) < 4.78 is 31.7. The third-order valence-corrected chi connectivity index (χ3v) is 4.13. The number of nitrogens with two attached hydrogens (primary N) is 2. The molecule has 0 fully saturated rings. The second-order valence-electron chi connectivity index (χ2n) is 4.40. The molecule has 9 nitrogen and oxygen atoms in total. The smallest absolute Gasteiger partial charge is 0.293 e. The van der Waals surface area contributed by atoms with E-state index in [9.17, 15) is 13.2 Å². The number of thiocarbonyl (C=S) groups is 1. The summed E-state index contributed by atoms with van der Waals surface area (Å²) in [5, 5.41) is 5.17.